The van der Waals surface area contributed by atoms with Gasteiger partial charge in [-0.15, -0.1) is 0 Å². The Morgan fingerprint density at radius 2 is 0.638 bits per heavy atom. The first-order valence-corrected chi connectivity index (χ1v) is 19.4. The Morgan fingerprint density at radius 3 is 0.845 bits per heavy atom. The van der Waals surface area contributed by atoms with Crippen molar-refractivity contribution in [3.63, 3.8) is 0 Å². The van der Waals surface area contributed by atoms with Crippen LogP contribution in [0.1, 0.15) is 109 Å². The molecule has 2 atom stereocenters. The summed E-state index contributed by atoms with van der Waals surface area (Å²) in [5.74, 6) is -9.43. The maximum Gasteiger partial charge on any atom is 0.327 e. The van der Waals surface area contributed by atoms with Gasteiger partial charge in [0, 0.05) is 90.6 Å². The molecule has 4 aliphatic rings. The van der Waals surface area contributed by atoms with E-state index in [1.165, 1.54) is 48.5 Å². The standard InChI is InChI=1S/C40H30N4O12S2/c45-31-17-5-9-21-29-22(36(50)43(35(21)49)25(15-57)39(53)54)10-6-18(27(17)29)32(46)41(31)13-3-1-2-4-14-42-33(47)19-7-11-23-30-24(12-8-20(28(19)30)34(42)48)38(52)44(37(23)51)26(16-58)40(55)56/h5-12,25-26,57-58H,1-4,13-16H2,(H,53,54)(H,55,56)/t25-,26-/m0/s1. The molecule has 0 aliphatic carbocycles. The van der Waals surface area contributed by atoms with Gasteiger partial charge in [-0.25, -0.2) is 9.59 Å². The normalized spacial score (nSPS) is 16.9. The topological polar surface area (TPSA) is 224 Å². The molecule has 58 heavy (non-hydrogen) atoms. The van der Waals surface area contributed by atoms with Crippen LogP contribution in [0.5, 0.6) is 0 Å². The van der Waals surface area contributed by atoms with Crippen molar-refractivity contribution >= 4 is 106 Å². The number of rotatable bonds is 13. The highest BCUT2D eigenvalue weighted by molar-refractivity contribution is 7.80. The molecular formula is C40H30N4O12S2. The van der Waals surface area contributed by atoms with E-state index in [0.717, 1.165) is 9.80 Å². The lowest BCUT2D eigenvalue weighted by molar-refractivity contribution is -0.141. The van der Waals surface area contributed by atoms with Crippen molar-refractivity contribution in [2.75, 3.05) is 24.6 Å². The summed E-state index contributed by atoms with van der Waals surface area (Å²) in [6.07, 6.45) is 1.77. The number of carbonyl (C=O) groups excluding carboxylic acids is 8. The lowest BCUT2D eigenvalue weighted by atomic mass is 9.85. The van der Waals surface area contributed by atoms with Gasteiger partial charge in [0.1, 0.15) is 12.1 Å². The summed E-state index contributed by atoms with van der Waals surface area (Å²) < 4.78 is 0. The number of carbonyl (C=O) groups is 10. The second kappa shape index (κ2) is 14.2. The van der Waals surface area contributed by atoms with Crippen molar-refractivity contribution in [3.8, 4) is 0 Å². The number of imide groups is 4. The number of hydrogen-bond donors (Lipinski definition) is 4. The molecule has 16 nitrogen and oxygen atoms in total. The molecule has 4 aromatic rings. The molecule has 4 heterocycles. The monoisotopic (exact) mass is 822 g/mol. The van der Waals surface area contributed by atoms with Gasteiger partial charge in [-0.3, -0.25) is 58.0 Å². The minimum Gasteiger partial charge on any atom is -0.480 e. The number of thiol groups is 2. The third-order valence-corrected chi connectivity index (χ3v) is 11.8. The Hall–Kier alpha value is -6.40. The van der Waals surface area contributed by atoms with Gasteiger partial charge in [-0.1, -0.05) is 12.8 Å². The molecule has 18 heteroatoms. The molecule has 4 aliphatic heterocycles. The molecule has 4 aromatic carbocycles. The average molecular weight is 823 g/mol. The van der Waals surface area contributed by atoms with Gasteiger partial charge < -0.3 is 10.2 Å². The number of unbranched alkanes of at least 4 members (excludes halogenated alkanes) is 3. The fraction of sp³-hybridized carbons (Fsp3) is 0.250. The van der Waals surface area contributed by atoms with E-state index in [0.29, 0.717) is 35.5 Å². The smallest absolute Gasteiger partial charge is 0.327 e. The van der Waals surface area contributed by atoms with Gasteiger partial charge in [0.25, 0.3) is 47.3 Å². The number of carboxylic acids is 2. The summed E-state index contributed by atoms with van der Waals surface area (Å²) in [6, 6.07) is 7.87. The summed E-state index contributed by atoms with van der Waals surface area (Å²) >= 11 is 8.01. The Morgan fingerprint density at radius 1 is 0.414 bits per heavy atom. The minimum atomic E-state index is -1.53. The van der Waals surface area contributed by atoms with Gasteiger partial charge in [-0.05, 0) is 61.4 Å². The Labute approximate surface area is 338 Å². The van der Waals surface area contributed by atoms with Crippen LogP contribution in [0, 0.1) is 0 Å². The van der Waals surface area contributed by atoms with E-state index in [9.17, 15) is 58.2 Å². The van der Waals surface area contributed by atoms with Crippen LogP contribution in [-0.4, -0.2) is 126 Å². The van der Waals surface area contributed by atoms with Crippen molar-refractivity contribution in [1.82, 2.24) is 19.6 Å². The van der Waals surface area contributed by atoms with Crippen LogP contribution < -0.4 is 0 Å². The van der Waals surface area contributed by atoms with Gasteiger partial charge in [0.05, 0.1) is 0 Å². The molecule has 2 N–H and O–H groups in total. The van der Waals surface area contributed by atoms with Crippen LogP contribution in [0.3, 0.4) is 0 Å². The molecule has 0 fully saturated rings. The number of nitrogens with zero attached hydrogens (tertiary/aromatic N) is 4. The fourth-order valence-corrected chi connectivity index (χ4v) is 8.93. The molecule has 0 aromatic heterocycles. The highest BCUT2D eigenvalue weighted by Crippen LogP contribution is 2.40. The SMILES string of the molecule is O=C(O)[C@H](CS)N1C(=O)c2ccc3c4c(ccc(c24)C1=O)C(=O)N(CCCCCCN1C(=O)c2ccc4c5c(ccc(c25)C1=O)C(=O)N([C@@H](CS)C(=O)O)C4=O)C3=O. The van der Waals surface area contributed by atoms with E-state index >= 15 is 0 Å². The van der Waals surface area contributed by atoms with Crippen molar-refractivity contribution in [1.29, 1.82) is 0 Å². The quantitative estimate of drug-likeness (QED) is 0.0866. The summed E-state index contributed by atoms with van der Waals surface area (Å²) in [5.41, 5.74) is 0.418. The lowest BCUT2D eigenvalue weighted by Crippen LogP contribution is -2.51. The van der Waals surface area contributed by atoms with Gasteiger partial charge in [-0.2, -0.15) is 25.3 Å². The largest absolute Gasteiger partial charge is 0.480 e. The van der Waals surface area contributed by atoms with Crippen LogP contribution in [-0.2, 0) is 9.59 Å². The molecular weight excluding hydrogens is 793 g/mol. The molecule has 8 rings (SSSR count). The molecule has 0 radical (unpaired) electrons. The number of aliphatic carboxylic acids is 2. The number of hydrogen-bond acceptors (Lipinski definition) is 12. The molecule has 0 saturated carbocycles. The molecule has 294 valence electrons. The second-order valence-corrected chi connectivity index (χ2v) is 14.8. The first-order valence-electron chi connectivity index (χ1n) is 18.1. The van der Waals surface area contributed by atoms with E-state index in [1.54, 1.807) is 0 Å². The summed E-state index contributed by atoms with van der Waals surface area (Å²) in [6.45, 7) is 0.0708. The lowest BCUT2D eigenvalue weighted by Gasteiger charge is -2.33. The summed E-state index contributed by atoms with van der Waals surface area (Å²) in [5, 5.41) is 19.8. The van der Waals surface area contributed by atoms with Gasteiger partial charge in [0.2, 0.25) is 0 Å². The number of benzene rings is 4. The van der Waals surface area contributed by atoms with Crippen molar-refractivity contribution in [2.45, 2.75) is 37.8 Å². The van der Waals surface area contributed by atoms with Crippen molar-refractivity contribution in [3.05, 3.63) is 93.0 Å². The van der Waals surface area contributed by atoms with Crippen LogP contribution in [0.15, 0.2) is 48.5 Å². The van der Waals surface area contributed by atoms with E-state index in [4.69, 9.17) is 0 Å². The molecule has 0 unspecified atom stereocenters. The Kier molecular flexibility index (Phi) is 9.43. The zero-order chi connectivity index (χ0) is 41.5. The summed E-state index contributed by atoms with van der Waals surface area (Å²) in [4.78, 5) is 135. The maximum atomic E-state index is 13.7. The predicted octanol–water partition coefficient (Wildman–Crippen LogP) is 3.40. The first-order chi connectivity index (χ1) is 27.7. The Bertz CT molecular complexity index is 2350. The number of carboxylic acid groups (broad SMARTS) is 2. The minimum absolute atomic E-state index is 0.0103. The molecule has 0 spiro atoms. The fourth-order valence-electron chi connectivity index (χ4n) is 8.29. The van der Waals surface area contributed by atoms with Crippen LogP contribution >= 0.6 is 25.3 Å². The molecule has 8 amide bonds. The van der Waals surface area contributed by atoms with Gasteiger partial charge >= 0.3 is 11.9 Å². The van der Waals surface area contributed by atoms with E-state index in [-0.39, 0.29) is 90.6 Å². The predicted molar refractivity (Wildman–Crippen MR) is 209 cm³/mol. The molecule has 0 saturated heterocycles. The van der Waals surface area contributed by atoms with E-state index in [2.05, 4.69) is 25.3 Å². The second-order valence-electron chi connectivity index (χ2n) is 14.1. The van der Waals surface area contributed by atoms with Crippen molar-refractivity contribution in [2.24, 2.45) is 0 Å². The highest BCUT2D eigenvalue weighted by atomic mass is 32.1. The first kappa shape index (κ1) is 38.5. The highest BCUT2D eigenvalue weighted by Gasteiger charge is 2.45. The van der Waals surface area contributed by atoms with Crippen LogP contribution in [0.25, 0.3) is 21.5 Å². The third-order valence-electron chi connectivity index (χ3n) is 11.1. The van der Waals surface area contributed by atoms with E-state index in [1.807, 2.05) is 0 Å². The van der Waals surface area contributed by atoms with Crippen LogP contribution in [0.4, 0.5) is 0 Å². The maximum absolute atomic E-state index is 13.7. The average Bonchev–Trinajstić information content (AvgIpc) is 3.20. The summed E-state index contributed by atoms with van der Waals surface area (Å²) in [7, 11) is 0. The molecule has 0 bridgehead atoms. The van der Waals surface area contributed by atoms with Crippen molar-refractivity contribution < 1.29 is 58.2 Å². The van der Waals surface area contributed by atoms with Crippen LogP contribution in [0.2, 0.25) is 0 Å². The van der Waals surface area contributed by atoms with E-state index < -0.39 is 71.3 Å². The van der Waals surface area contributed by atoms with Gasteiger partial charge in [0.15, 0.2) is 0 Å². The zero-order valence-corrected chi connectivity index (χ0v) is 31.9. The zero-order valence-electron chi connectivity index (χ0n) is 30.1. The number of amides is 8. The third kappa shape index (κ3) is 5.45. The Balaban J connectivity index is 0.932.